The third-order valence-corrected chi connectivity index (χ3v) is 7.89. The fraction of sp³-hybridized carbons (Fsp3) is 0.543. The summed E-state index contributed by atoms with van der Waals surface area (Å²) in [4.78, 5) is 50.6. The van der Waals surface area contributed by atoms with Crippen LogP contribution in [0.3, 0.4) is 0 Å². The zero-order valence-electron chi connectivity index (χ0n) is 28.0. The lowest BCUT2D eigenvalue weighted by atomic mass is 9.96. The highest BCUT2D eigenvalue weighted by Gasteiger charge is 2.37. The van der Waals surface area contributed by atoms with Crippen LogP contribution >= 0.6 is 0 Å². The number of rotatable bonds is 23. The van der Waals surface area contributed by atoms with Crippen molar-refractivity contribution in [1.82, 2.24) is 10.2 Å². The number of carboxylic acid groups (broad SMARTS) is 1. The number of methoxy groups -OCH3 is 1. The van der Waals surface area contributed by atoms with Crippen molar-refractivity contribution in [3.8, 4) is 5.75 Å². The predicted octanol–water partition coefficient (Wildman–Crippen LogP) is 3.18. The van der Waals surface area contributed by atoms with E-state index in [-0.39, 0.29) is 36.4 Å². The molecule has 13 heteroatoms. The molecule has 0 fully saturated rings. The van der Waals surface area contributed by atoms with Crippen LogP contribution in [0.4, 0.5) is 5.69 Å². The second-order valence-corrected chi connectivity index (χ2v) is 11.7. The number of amides is 3. The van der Waals surface area contributed by atoms with Gasteiger partial charge in [0.2, 0.25) is 18.1 Å². The Morgan fingerprint density at radius 1 is 0.812 bits per heavy atom. The maximum Gasteiger partial charge on any atom is 0.308 e. The lowest BCUT2D eigenvalue weighted by molar-refractivity contribution is -0.187. The molecule has 13 nitrogen and oxygen atoms in total. The van der Waals surface area contributed by atoms with Crippen LogP contribution < -0.4 is 15.4 Å². The van der Waals surface area contributed by atoms with Crippen molar-refractivity contribution in [2.45, 2.75) is 89.8 Å². The third kappa shape index (κ3) is 14.0. The number of nitrogens with one attached hydrogen (secondary N) is 2. The van der Waals surface area contributed by atoms with Crippen molar-refractivity contribution >= 4 is 29.4 Å². The Labute approximate surface area is 282 Å². The third-order valence-electron chi connectivity index (χ3n) is 7.89. The molecule has 266 valence electrons. The Kier molecular flexibility index (Phi) is 18.2. The predicted molar refractivity (Wildman–Crippen MR) is 179 cm³/mol. The van der Waals surface area contributed by atoms with Crippen LogP contribution in [-0.2, 0) is 19.1 Å². The number of carbonyl (C=O) groups is 4. The van der Waals surface area contributed by atoms with E-state index in [0.717, 1.165) is 38.5 Å². The summed E-state index contributed by atoms with van der Waals surface area (Å²) in [6.07, 6.45) is -1.18. The minimum Gasteiger partial charge on any atom is -0.481 e. The van der Waals surface area contributed by atoms with Crippen molar-refractivity contribution in [3.63, 3.8) is 0 Å². The standard InChI is InChI=1S/C35H51N3O10/c1-4-5-15-29(40)38(22-12-7-6-11-21-36-33(44)25-13-9-8-10-14-25)23-20-28(39)37-26-16-18-27(19-17-26)48-35(47-3)32(43)31(42)30(41)24(2)34(45)46/h8-10,13-14,16-19,24,30-32,35,41-43H,4-7,11-12,15,20-23H2,1-3H3,(H,36,44)(H,37,39)(H,45,46). The molecule has 2 aromatic carbocycles. The van der Waals surface area contributed by atoms with Crippen LogP contribution in [0.1, 0.15) is 75.6 Å². The van der Waals surface area contributed by atoms with Crippen molar-refractivity contribution in [2.75, 3.05) is 32.1 Å². The monoisotopic (exact) mass is 673 g/mol. The number of aliphatic hydroxyl groups excluding tert-OH is 3. The number of ether oxygens (including phenoxy) is 2. The summed E-state index contributed by atoms with van der Waals surface area (Å²) >= 11 is 0. The molecule has 0 saturated heterocycles. The average Bonchev–Trinajstić information content (AvgIpc) is 3.09. The van der Waals surface area contributed by atoms with E-state index in [4.69, 9.17) is 14.6 Å². The molecule has 2 rings (SSSR count). The van der Waals surface area contributed by atoms with Gasteiger partial charge in [0.15, 0.2) is 0 Å². The van der Waals surface area contributed by atoms with Gasteiger partial charge in [0.1, 0.15) is 18.0 Å². The van der Waals surface area contributed by atoms with E-state index in [1.807, 2.05) is 25.1 Å². The average molecular weight is 674 g/mol. The Balaban J connectivity index is 1.80. The highest BCUT2D eigenvalue weighted by molar-refractivity contribution is 5.94. The molecule has 0 saturated carbocycles. The first-order valence-corrected chi connectivity index (χ1v) is 16.5. The molecule has 0 heterocycles. The number of anilines is 1. The minimum absolute atomic E-state index is 0.0196. The van der Waals surface area contributed by atoms with Gasteiger partial charge < -0.3 is 45.4 Å². The van der Waals surface area contributed by atoms with E-state index in [2.05, 4.69) is 10.6 Å². The van der Waals surface area contributed by atoms with Gasteiger partial charge in [0.25, 0.3) is 5.91 Å². The van der Waals surface area contributed by atoms with E-state index in [1.165, 1.54) is 26.2 Å². The normalized spacial score (nSPS) is 14.2. The molecular formula is C35H51N3O10. The summed E-state index contributed by atoms with van der Waals surface area (Å²) in [7, 11) is 1.22. The molecule has 3 amide bonds. The van der Waals surface area contributed by atoms with Crippen LogP contribution in [0.25, 0.3) is 0 Å². The van der Waals surface area contributed by atoms with Crippen LogP contribution in [0.15, 0.2) is 54.6 Å². The topological polar surface area (TPSA) is 195 Å². The maximum atomic E-state index is 12.8. The van der Waals surface area contributed by atoms with Gasteiger partial charge in [-0.3, -0.25) is 19.2 Å². The zero-order chi connectivity index (χ0) is 35.5. The van der Waals surface area contributed by atoms with Gasteiger partial charge in [0, 0.05) is 50.8 Å². The summed E-state index contributed by atoms with van der Waals surface area (Å²) in [6.45, 7) is 4.63. The molecule has 0 aliphatic heterocycles. The van der Waals surface area contributed by atoms with Crippen LogP contribution in [-0.4, -0.2) is 100 Å². The molecule has 2 aromatic rings. The second-order valence-electron chi connectivity index (χ2n) is 11.7. The Hall–Kier alpha value is -4.04. The fourth-order valence-electron chi connectivity index (χ4n) is 4.80. The zero-order valence-corrected chi connectivity index (χ0v) is 28.0. The Morgan fingerprint density at radius 3 is 2.10 bits per heavy atom. The number of carbonyl (C=O) groups excluding carboxylic acids is 3. The van der Waals surface area contributed by atoms with E-state index < -0.39 is 36.5 Å². The van der Waals surface area contributed by atoms with E-state index in [0.29, 0.717) is 30.8 Å². The molecule has 6 N–H and O–H groups in total. The van der Waals surface area contributed by atoms with E-state index in [1.54, 1.807) is 29.2 Å². The highest BCUT2D eigenvalue weighted by Crippen LogP contribution is 2.21. The largest absolute Gasteiger partial charge is 0.481 e. The van der Waals surface area contributed by atoms with Crippen LogP contribution in [0.2, 0.25) is 0 Å². The van der Waals surface area contributed by atoms with E-state index in [9.17, 15) is 34.5 Å². The number of unbranched alkanes of at least 4 members (excludes halogenated alkanes) is 4. The first-order chi connectivity index (χ1) is 23.0. The van der Waals surface area contributed by atoms with Crippen LogP contribution in [0, 0.1) is 5.92 Å². The fourth-order valence-corrected chi connectivity index (χ4v) is 4.80. The number of hydrogen-bond acceptors (Lipinski definition) is 9. The molecule has 5 atom stereocenters. The summed E-state index contributed by atoms with van der Waals surface area (Å²) < 4.78 is 10.7. The number of aliphatic hydroxyl groups is 3. The Morgan fingerprint density at radius 2 is 1.48 bits per heavy atom. The SMILES string of the molecule is CCCCC(=O)N(CCCCCCNC(=O)c1ccccc1)CCC(=O)Nc1ccc(OC(OC)C(O)C(O)C(O)C(C)C(=O)O)cc1. The molecule has 0 aromatic heterocycles. The molecule has 0 radical (unpaired) electrons. The van der Waals surface area contributed by atoms with E-state index >= 15 is 0 Å². The summed E-state index contributed by atoms with van der Waals surface area (Å²) in [5, 5.41) is 45.5. The van der Waals surface area contributed by atoms with Crippen molar-refractivity contribution in [3.05, 3.63) is 60.2 Å². The van der Waals surface area contributed by atoms with Gasteiger partial charge in [0.05, 0.1) is 12.0 Å². The van der Waals surface area contributed by atoms with Crippen molar-refractivity contribution in [2.24, 2.45) is 5.92 Å². The van der Waals surface area contributed by atoms with Crippen molar-refractivity contribution < 1.29 is 49.1 Å². The molecule has 48 heavy (non-hydrogen) atoms. The van der Waals surface area contributed by atoms with Gasteiger partial charge in [-0.1, -0.05) is 44.4 Å². The molecule has 0 aliphatic rings. The highest BCUT2D eigenvalue weighted by atomic mass is 16.7. The first-order valence-electron chi connectivity index (χ1n) is 16.5. The second kappa shape index (κ2) is 21.8. The lowest BCUT2D eigenvalue weighted by Gasteiger charge is -2.30. The molecule has 0 spiro atoms. The number of aliphatic carboxylic acids is 1. The number of hydrogen-bond donors (Lipinski definition) is 6. The number of carboxylic acids is 1. The van der Waals surface area contributed by atoms with Gasteiger partial charge in [-0.25, -0.2) is 0 Å². The molecular weight excluding hydrogens is 622 g/mol. The summed E-state index contributed by atoms with van der Waals surface area (Å²) in [5.41, 5.74) is 1.10. The number of nitrogens with zero attached hydrogens (tertiary/aromatic N) is 1. The van der Waals surface area contributed by atoms with Gasteiger partial charge >= 0.3 is 5.97 Å². The van der Waals surface area contributed by atoms with Crippen LogP contribution in [0.5, 0.6) is 5.75 Å². The van der Waals surface area contributed by atoms with Crippen molar-refractivity contribution in [1.29, 1.82) is 0 Å². The van der Waals surface area contributed by atoms with Gasteiger partial charge in [-0.2, -0.15) is 0 Å². The minimum atomic E-state index is -1.85. The molecule has 5 unspecified atom stereocenters. The smallest absolute Gasteiger partial charge is 0.308 e. The molecule has 0 bridgehead atoms. The number of benzene rings is 2. The maximum absolute atomic E-state index is 12.8. The van der Waals surface area contributed by atoms with Gasteiger partial charge in [-0.05, 0) is 62.6 Å². The molecule has 0 aliphatic carbocycles. The lowest BCUT2D eigenvalue weighted by Crippen LogP contribution is -2.50. The Bertz CT molecular complexity index is 1260. The quantitative estimate of drug-likeness (QED) is 0.0754. The first kappa shape index (κ1) is 40.1. The summed E-state index contributed by atoms with van der Waals surface area (Å²) in [5.74, 6) is -2.81. The summed E-state index contributed by atoms with van der Waals surface area (Å²) in [6, 6.07) is 15.2. The van der Waals surface area contributed by atoms with Gasteiger partial charge in [-0.15, -0.1) is 0 Å².